The molecular weight excluding hydrogens is 370 g/mol. The van der Waals surface area contributed by atoms with Crippen molar-refractivity contribution in [3.05, 3.63) is 58.0 Å². The van der Waals surface area contributed by atoms with E-state index in [9.17, 15) is 4.79 Å². The largest absolute Gasteiger partial charge is 0.372 e. The van der Waals surface area contributed by atoms with Crippen molar-refractivity contribution in [2.75, 3.05) is 18.0 Å². The molecule has 0 N–H and O–H groups in total. The van der Waals surface area contributed by atoms with Crippen LogP contribution < -0.4 is 10.5 Å². The van der Waals surface area contributed by atoms with Gasteiger partial charge in [0.2, 0.25) is 0 Å². The highest BCUT2D eigenvalue weighted by atomic mass is 16.5. The van der Waals surface area contributed by atoms with Gasteiger partial charge in [-0.15, -0.1) is 0 Å². The third kappa shape index (κ3) is 4.07. The lowest BCUT2D eigenvalue weighted by Gasteiger charge is -2.36. The van der Waals surface area contributed by atoms with E-state index in [1.165, 1.54) is 4.68 Å². The SMILES string of the molecule is Cc1ccc(-c2noc(C)c2Cn2ncc(N3CC(C)OC(C)C3)cc2=O)cn1. The maximum absolute atomic E-state index is 12.8. The van der Waals surface area contributed by atoms with Gasteiger partial charge in [0.05, 0.1) is 30.6 Å². The Kier molecular flexibility index (Phi) is 5.19. The number of pyridine rings is 1. The molecule has 2 unspecified atom stereocenters. The van der Waals surface area contributed by atoms with E-state index in [0.717, 1.165) is 35.6 Å². The van der Waals surface area contributed by atoms with Crippen LogP contribution in [-0.2, 0) is 11.3 Å². The van der Waals surface area contributed by atoms with Crippen LogP contribution in [0.2, 0.25) is 0 Å². The van der Waals surface area contributed by atoms with Crippen LogP contribution in [0.5, 0.6) is 0 Å². The Labute approximate surface area is 169 Å². The number of nitrogens with zero attached hydrogens (tertiary/aromatic N) is 5. The molecule has 0 aliphatic carbocycles. The number of aryl methyl sites for hydroxylation is 2. The molecule has 3 aromatic rings. The second kappa shape index (κ2) is 7.79. The second-order valence-corrected chi connectivity index (χ2v) is 7.63. The minimum atomic E-state index is -0.164. The molecule has 0 saturated carbocycles. The lowest BCUT2D eigenvalue weighted by Crippen LogP contribution is -2.46. The predicted molar refractivity (Wildman–Crippen MR) is 109 cm³/mol. The molecule has 29 heavy (non-hydrogen) atoms. The fourth-order valence-corrected chi connectivity index (χ4v) is 3.67. The average molecular weight is 395 g/mol. The summed E-state index contributed by atoms with van der Waals surface area (Å²) in [6.45, 7) is 9.60. The first kappa shape index (κ1) is 19.3. The van der Waals surface area contributed by atoms with Crippen molar-refractivity contribution in [1.29, 1.82) is 0 Å². The minimum absolute atomic E-state index is 0.117. The van der Waals surface area contributed by atoms with E-state index in [2.05, 4.69) is 20.1 Å². The molecule has 2 atom stereocenters. The molecular formula is C21H25N5O3. The molecule has 4 rings (SSSR count). The molecule has 3 aromatic heterocycles. The van der Waals surface area contributed by atoms with Crippen LogP contribution >= 0.6 is 0 Å². The van der Waals surface area contributed by atoms with Gasteiger partial charge in [-0.3, -0.25) is 9.78 Å². The molecule has 1 fully saturated rings. The Hall–Kier alpha value is -3.00. The van der Waals surface area contributed by atoms with Crippen molar-refractivity contribution in [2.45, 2.75) is 46.4 Å². The number of aromatic nitrogens is 4. The number of morpholine rings is 1. The summed E-state index contributed by atoms with van der Waals surface area (Å²) in [5.74, 6) is 0.661. The van der Waals surface area contributed by atoms with Crippen molar-refractivity contribution in [3.63, 3.8) is 0 Å². The normalized spacial score (nSPS) is 19.5. The Morgan fingerprint density at radius 1 is 1.14 bits per heavy atom. The summed E-state index contributed by atoms with van der Waals surface area (Å²) in [5, 5.41) is 8.57. The van der Waals surface area contributed by atoms with Gasteiger partial charge in [0.25, 0.3) is 5.56 Å². The van der Waals surface area contributed by atoms with E-state index in [4.69, 9.17) is 9.26 Å². The van der Waals surface area contributed by atoms with Gasteiger partial charge in [-0.1, -0.05) is 5.16 Å². The smallest absolute Gasteiger partial charge is 0.269 e. The van der Waals surface area contributed by atoms with E-state index < -0.39 is 0 Å². The lowest BCUT2D eigenvalue weighted by atomic mass is 10.1. The summed E-state index contributed by atoms with van der Waals surface area (Å²) >= 11 is 0. The van der Waals surface area contributed by atoms with E-state index >= 15 is 0 Å². The van der Waals surface area contributed by atoms with Gasteiger partial charge in [-0.2, -0.15) is 5.10 Å². The first-order valence-electron chi connectivity index (χ1n) is 9.76. The number of hydrogen-bond donors (Lipinski definition) is 0. The molecule has 0 spiro atoms. The van der Waals surface area contributed by atoms with Crippen LogP contribution in [0.4, 0.5) is 5.69 Å². The van der Waals surface area contributed by atoms with Gasteiger partial charge in [0.15, 0.2) is 0 Å². The summed E-state index contributed by atoms with van der Waals surface area (Å²) in [6.07, 6.45) is 3.73. The molecule has 0 amide bonds. The maximum atomic E-state index is 12.8. The molecule has 4 heterocycles. The van der Waals surface area contributed by atoms with Gasteiger partial charge in [0.1, 0.15) is 11.5 Å². The predicted octanol–water partition coefficient (Wildman–Crippen LogP) is 2.57. The quantitative estimate of drug-likeness (QED) is 0.671. The van der Waals surface area contributed by atoms with Gasteiger partial charge >= 0.3 is 0 Å². The Morgan fingerprint density at radius 2 is 1.90 bits per heavy atom. The van der Waals surface area contributed by atoms with E-state index in [1.54, 1.807) is 18.5 Å². The van der Waals surface area contributed by atoms with E-state index in [0.29, 0.717) is 11.5 Å². The fraction of sp³-hybridized carbons (Fsp3) is 0.429. The first-order chi connectivity index (χ1) is 13.9. The van der Waals surface area contributed by atoms with Crippen molar-refractivity contribution < 1.29 is 9.26 Å². The summed E-state index contributed by atoms with van der Waals surface area (Å²) in [6, 6.07) is 5.50. The van der Waals surface area contributed by atoms with Crippen LogP contribution in [0, 0.1) is 13.8 Å². The number of hydrogen-bond acceptors (Lipinski definition) is 7. The Morgan fingerprint density at radius 3 is 2.55 bits per heavy atom. The Bertz CT molecular complexity index is 1050. The van der Waals surface area contributed by atoms with Crippen LogP contribution in [0.3, 0.4) is 0 Å². The Balaban J connectivity index is 1.60. The first-order valence-corrected chi connectivity index (χ1v) is 9.76. The molecule has 1 aliphatic rings. The van der Waals surface area contributed by atoms with E-state index in [-0.39, 0.29) is 24.3 Å². The van der Waals surface area contributed by atoms with Crippen molar-refractivity contribution in [1.82, 2.24) is 19.9 Å². The molecule has 1 saturated heterocycles. The molecule has 0 bridgehead atoms. The fourth-order valence-electron chi connectivity index (χ4n) is 3.67. The zero-order chi connectivity index (χ0) is 20.5. The van der Waals surface area contributed by atoms with E-state index in [1.807, 2.05) is 39.8 Å². The molecule has 0 aromatic carbocycles. The molecule has 152 valence electrons. The van der Waals surface area contributed by atoms with Crippen LogP contribution in [-0.4, -0.2) is 45.2 Å². The number of anilines is 1. The third-order valence-electron chi connectivity index (χ3n) is 5.12. The third-order valence-corrected chi connectivity index (χ3v) is 5.12. The van der Waals surface area contributed by atoms with Gasteiger partial charge < -0.3 is 14.2 Å². The molecule has 1 aliphatic heterocycles. The summed E-state index contributed by atoms with van der Waals surface area (Å²) < 4.78 is 12.6. The highest BCUT2D eigenvalue weighted by Crippen LogP contribution is 2.25. The summed E-state index contributed by atoms with van der Waals surface area (Å²) in [5.41, 5.74) is 3.94. The molecule has 8 nitrogen and oxygen atoms in total. The van der Waals surface area contributed by atoms with Crippen LogP contribution in [0.1, 0.15) is 30.9 Å². The van der Waals surface area contributed by atoms with Gasteiger partial charge in [-0.25, -0.2) is 4.68 Å². The minimum Gasteiger partial charge on any atom is -0.372 e. The van der Waals surface area contributed by atoms with Crippen molar-refractivity contribution in [3.8, 4) is 11.3 Å². The average Bonchev–Trinajstić information content (AvgIpc) is 3.04. The number of rotatable bonds is 4. The maximum Gasteiger partial charge on any atom is 0.269 e. The van der Waals surface area contributed by atoms with Crippen molar-refractivity contribution >= 4 is 5.69 Å². The second-order valence-electron chi connectivity index (χ2n) is 7.63. The highest BCUT2D eigenvalue weighted by Gasteiger charge is 2.23. The van der Waals surface area contributed by atoms with Crippen LogP contribution in [0.25, 0.3) is 11.3 Å². The van der Waals surface area contributed by atoms with Crippen LogP contribution in [0.15, 0.2) is 39.9 Å². The van der Waals surface area contributed by atoms with Crippen molar-refractivity contribution in [2.24, 2.45) is 0 Å². The lowest BCUT2D eigenvalue weighted by molar-refractivity contribution is -0.00525. The standard InChI is InChI=1S/C21H25N5O3/c1-13-5-6-17(8-22-13)21-19(16(4)29-24-21)12-26-20(27)7-18(9-23-26)25-10-14(2)28-15(3)11-25/h5-9,14-15H,10-12H2,1-4H3. The summed E-state index contributed by atoms with van der Waals surface area (Å²) in [4.78, 5) is 19.2. The monoisotopic (exact) mass is 395 g/mol. The summed E-state index contributed by atoms with van der Waals surface area (Å²) in [7, 11) is 0. The van der Waals surface area contributed by atoms with Gasteiger partial charge in [-0.05, 0) is 39.8 Å². The van der Waals surface area contributed by atoms with Gasteiger partial charge in [0, 0.05) is 42.2 Å². The number of ether oxygens (including phenoxy) is 1. The zero-order valence-corrected chi connectivity index (χ0v) is 17.1. The highest BCUT2D eigenvalue weighted by molar-refractivity contribution is 5.62. The zero-order valence-electron chi connectivity index (χ0n) is 17.1. The topological polar surface area (TPSA) is 86.3 Å². The molecule has 0 radical (unpaired) electrons. The molecule has 8 heteroatoms.